The molecule has 368 valence electrons. The average molecular weight is 961 g/mol. The highest BCUT2D eigenvalue weighted by Gasteiger charge is 2.45. The van der Waals surface area contributed by atoms with E-state index in [2.05, 4.69) is 50.8 Å². The minimum absolute atomic E-state index is 0.0821. The van der Waals surface area contributed by atoms with Gasteiger partial charge in [0.25, 0.3) is 23.3 Å². The quantitative estimate of drug-likeness (QED) is 0.147. The molecule has 71 heavy (non-hydrogen) atoms. The Morgan fingerprint density at radius 3 is 2.38 bits per heavy atom. The van der Waals surface area contributed by atoms with Crippen LogP contribution in [0.4, 0.5) is 28.7 Å². The number of fused-ring (bicyclic) bond motifs is 4. The summed E-state index contributed by atoms with van der Waals surface area (Å²) in [5, 5.41) is 16.3. The van der Waals surface area contributed by atoms with Gasteiger partial charge in [-0.25, -0.2) is 9.97 Å². The number of hydrogen-bond acceptors (Lipinski definition) is 12. The Morgan fingerprint density at radius 1 is 0.803 bits per heavy atom. The van der Waals surface area contributed by atoms with Crippen LogP contribution >= 0.6 is 0 Å². The molecule has 4 aromatic heterocycles. The van der Waals surface area contributed by atoms with E-state index >= 15 is 0 Å². The smallest absolute Gasteiger partial charge is 0.276 e. The van der Waals surface area contributed by atoms with Crippen LogP contribution < -0.4 is 30.9 Å². The van der Waals surface area contributed by atoms with Crippen molar-refractivity contribution in [3.63, 3.8) is 0 Å². The van der Waals surface area contributed by atoms with Crippen molar-refractivity contribution in [1.82, 2.24) is 29.3 Å². The Labute approximate surface area is 411 Å². The number of pyridine rings is 3. The maximum atomic E-state index is 14.0. The van der Waals surface area contributed by atoms with Crippen LogP contribution in [-0.4, -0.2) is 96.9 Å². The van der Waals surface area contributed by atoms with Gasteiger partial charge in [0.15, 0.2) is 0 Å². The maximum absolute atomic E-state index is 14.0. The number of piperidine rings is 2. The highest BCUT2D eigenvalue weighted by atomic mass is 16.3. The van der Waals surface area contributed by atoms with Crippen molar-refractivity contribution in [2.45, 2.75) is 104 Å². The minimum atomic E-state index is -0.989. The van der Waals surface area contributed by atoms with Crippen molar-refractivity contribution in [2.24, 2.45) is 24.3 Å². The highest BCUT2D eigenvalue weighted by Crippen LogP contribution is 2.42. The van der Waals surface area contributed by atoms with Crippen molar-refractivity contribution in [3.8, 4) is 11.1 Å². The molecular weight excluding hydrogens is 901 g/mol. The Morgan fingerprint density at radius 2 is 1.61 bits per heavy atom. The first kappa shape index (κ1) is 46.3. The van der Waals surface area contributed by atoms with Gasteiger partial charge in [-0.2, -0.15) is 0 Å². The molecule has 5 amide bonds. The molecule has 5 aromatic rings. The van der Waals surface area contributed by atoms with E-state index in [1.54, 1.807) is 48.6 Å². The second-order valence-corrected chi connectivity index (χ2v) is 21.2. The van der Waals surface area contributed by atoms with E-state index in [-0.39, 0.29) is 42.4 Å². The van der Waals surface area contributed by atoms with Gasteiger partial charge in [0.2, 0.25) is 11.8 Å². The summed E-state index contributed by atoms with van der Waals surface area (Å²) in [6.07, 6.45) is 12.6. The van der Waals surface area contributed by atoms with E-state index in [1.807, 2.05) is 30.5 Å². The molecule has 5 aliphatic heterocycles. The summed E-state index contributed by atoms with van der Waals surface area (Å²) >= 11 is 0. The number of nitrogens with one attached hydrogen (secondary N) is 2. The number of carbonyl (C=O) groups excluding carboxylic acids is 5. The van der Waals surface area contributed by atoms with Crippen molar-refractivity contribution >= 4 is 58.2 Å². The van der Waals surface area contributed by atoms with Gasteiger partial charge in [-0.1, -0.05) is 13.8 Å². The molecule has 0 saturated carbocycles. The summed E-state index contributed by atoms with van der Waals surface area (Å²) in [7, 11) is 1.69. The Bertz CT molecular complexity index is 3090. The zero-order valence-corrected chi connectivity index (χ0v) is 40.7. The standard InChI is InChI=1S/C54H60N10O7/c1-31-22-33(32-6-5-17-60(18-14-32)36-7-9-39-40(25-36)51(69)64(50(39)68)43-10-12-47(66)58-49(43)67)15-19-61(31)37-8-11-46(56-28-37)57-42-23-35(29-59(4)52(42)70)38-13-16-55-48(41(38)30-65)63-21-20-62-44(53(63)71)24-34-26-54(2,3)27-45(34)62/h7-9,11,13,16,23-25,28-29,31-33,43,65H,5-6,10,12,14-15,17-22,26-27,30H2,1-4H3,(H,56,57)(H,58,66,67)/t31-,32+,33?,43?/m0/s1. The molecular formula is C54H60N10O7. The Kier molecular flexibility index (Phi) is 11.7. The monoisotopic (exact) mass is 960 g/mol. The van der Waals surface area contributed by atoms with E-state index in [1.165, 1.54) is 15.8 Å². The lowest BCUT2D eigenvalue weighted by Gasteiger charge is -2.42. The van der Waals surface area contributed by atoms with Crippen LogP contribution in [0.5, 0.6) is 0 Å². The number of anilines is 5. The van der Waals surface area contributed by atoms with Crippen LogP contribution in [0.1, 0.15) is 114 Å². The van der Waals surface area contributed by atoms with Gasteiger partial charge in [-0.15, -0.1) is 0 Å². The molecule has 3 saturated heterocycles. The molecule has 6 aliphatic rings. The first-order valence-corrected chi connectivity index (χ1v) is 25.1. The molecule has 17 heteroatoms. The molecule has 3 N–H and O–H groups in total. The molecule has 11 rings (SSSR count). The van der Waals surface area contributed by atoms with Crippen molar-refractivity contribution in [3.05, 3.63) is 111 Å². The van der Waals surface area contributed by atoms with Crippen molar-refractivity contribution < 1.29 is 29.1 Å². The van der Waals surface area contributed by atoms with Crippen LogP contribution in [0.3, 0.4) is 0 Å². The number of aryl methyl sites for hydroxylation is 1. The van der Waals surface area contributed by atoms with Crippen LogP contribution in [0.2, 0.25) is 0 Å². The summed E-state index contributed by atoms with van der Waals surface area (Å²) < 4.78 is 3.67. The van der Waals surface area contributed by atoms with Gasteiger partial charge in [-0.05, 0) is 135 Å². The van der Waals surface area contributed by atoms with Gasteiger partial charge in [-0.3, -0.25) is 43.9 Å². The second-order valence-electron chi connectivity index (χ2n) is 21.2. The van der Waals surface area contributed by atoms with Crippen molar-refractivity contribution in [2.75, 3.05) is 46.2 Å². The largest absolute Gasteiger partial charge is 0.392 e. The first-order chi connectivity index (χ1) is 34.2. The van der Waals surface area contributed by atoms with E-state index in [9.17, 15) is 33.9 Å². The number of aromatic nitrogens is 4. The number of hydrogen-bond donors (Lipinski definition) is 3. The van der Waals surface area contributed by atoms with Crippen LogP contribution in [0.15, 0.2) is 71.9 Å². The number of rotatable bonds is 9. The fraction of sp³-hybridized carbons (Fsp3) is 0.444. The van der Waals surface area contributed by atoms with Gasteiger partial charge < -0.3 is 29.4 Å². The number of imide groups is 2. The topological polar surface area (TPSA) is 195 Å². The van der Waals surface area contributed by atoms with Gasteiger partial charge in [0.05, 0.1) is 29.6 Å². The molecule has 4 atom stereocenters. The lowest BCUT2D eigenvalue weighted by atomic mass is 9.78. The zero-order valence-electron chi connectivity index (χ0n) is 40.7. The number of aliphatic hydroxyl groups excluding tert-OH is 1. The average Bonchev–Trinajstić information content (AvgIpc) is 3.83. The summed E-state index contributed by atoms with van der Waals surface area (Å²) in [5.74, 6) is -0.0794. The van der Waals surface area contributed by atoms with E-state index < -0.39 is 29.7 Å². The fourth-order valence-corrected chi connectivity index (χ4v) is 12.5. The highest BCUT2D eigenvalue weighted by molar-refractivity contribution is 6.23. The number of amides is 5. The molecule has 0 radical (unpaired) electrons. The van der Waals surface area contributed by atoms with Gasteiger partial charge >= 0.3 is 0 Å². The molecule has 3 fully saturated rings. The maximum Gasteiger partial charge on any atom is 0.276 e. The van der Waals surface area contributed by atoms with Crippen LogP contribution in [0.25, 0.3) is 11.1 Å². The van der Waals surface area contributed by atoms with Gasteiger partial charge in [0, 0.05) is 87.1 Å². The predicted octanol–water partition coefficient (Wildman–Crippen LogP) is 5.98. The van der Waals surface area contributed by atoms with Gasteiger partial charge in [0.1, 0.15) is 29.1 Å². The molecule has 0 spiro atoms. The molecule has 17 nitrogen and oxygen atoms in total. The Balaban J connectivity index is 0.725. The molecule has 9 heterocycles. The normalized spacial score (nSPS) is 23.1. The zero-order chi connectivity index (χ0) is 49.5. The molecule has 1 aromatic carbocycles. The van der Waals surface area contributed by atoms with Crippen LogP contribution in [-0.2, 0) is 42.6 Å². The number of carbonyl (C=O) groups is 5. The first-order valence-electron chi connectivity index (χ1n) is 25.1. The SMILES string of the molecule is C[C@H]1CC([C@@H]2CCCN(c3ccc4c(c3)C(=O)N(C3CCC(=O)NC3=O)C4=O)CC2)CCN1c1ccc(Nc2cc(-c3ccnc(N4CCn5c(cc6c5CC(C)(C)C6)C4=O)c3CO)cn(C)c2=O)nc1. The summed E-state index contributed by atoms with van der Waals surface area (Å²) in [4.78, 5) is 95.5. The molecule has 1 aliphatic carbocycles. The third kappa shape index (κ3) is 8.26. The lowest BCUT2D eigenvalue weighted by molar-refractivity contribution is -0.136. The summed E-state index contributed by atoms with van der Waals surface area (Å²) in [5.41, 5.74) is 7.77. The number of aliphatic hydroxyl groups is 1. The fourth-order valence-electron chi connectivity index (χ4n) is 12.5. The predicted molar refractivity (Wildman–Crippen MR) is 268 cm³/mol. The van der Waals surface area contributed by atoms with E-state index in [0.29, 0.717) is 75.8 Å². The molecule has 0 bridgehead atoms. The van der Waals surface area contributed by atoms with E-state index in [4.69, 9.17) is 4.98 Å². The number of benzene rings is 1. The van der Waals surface area contributed by atoms with E-state index in [0.717, 1.165) is 80.9 Å². The third-order valence-corrected chi connectivity index (χ3v) is 16.1. The molecule has 2 unspecified atom stereocenters. The van der Waals surface area contributed by atoms with Crippen LogP contribution in [0, 0.1) is 17.3 Å². The van der Waals surface area contributed by atoms with Crippen molar-refractivity contribution in [1.29, 1.82) is 0 Å². The summed E-state index contributed by atoms with van der Waals surface area (Å²) in [6, 6.07) is 14.2. The Hall–Kier alpha value is -7.14. The lowest BCUT2D eigenvalue weighted by Crippen LogP contribution is -2.54. The second kappa shape index (κ2) is 17.9. The minimum Gasteiger partial charge on any atom is -0.392 e. The summed E-state index contributed by atoms with van der Waals surface area (Å²) in [6.45, 7) is 10.1. The number of nitrogens with zero attached hydrogens (tertiary/aromatic N) is 8. The third-order valence-electron chi connectivity index (χ3n) is 16.1.